The Balaban J connectivity index is 0.712. The van der Waals surface area contributed by atoms with Gasteiger partial charge in [-0.15, -0.1) is 0 Å². The maximum atomic E-state index is 15.4. The number of benzene rings is 2. The van der Waals surface area contributed by atoms with Crippen molar-refractivity contribution in [2.24, 2.45) is 5.41 Å². The topological polar surface area (TPSA) is 162 Å². The average Bonchev–Trinajstić information content (AvgIpc) is 3.42. The standard InChI is InChI=1S/C41H41ClFN9O6/c1-44-31-7-6-26(14-29(31)42)58-25-4-2-23(3-5-25)47-37(54)32-19-46-35(20-45-32)51-21-41(22-51)17-24(18-41)49-10-12-50(13-11-49)34-16-28-27(15-30(34)43)39(56)52(40(28)57)33-8-9-36(53)48-38(33)55/h6-7,14-16,19-20,23-25,33H,2-5,8-13,17-18,21-22H2,(H,47,54)(H,48,53,55). The number of anilines is 2. The van der Waals surface area contributed by atoms with Gasteiger partial charge in [0.15, 0.2) is 0 Å². The number of ether oxygens (including phenoxy) is 1. The first-order valence-corrected chi connectivity index (χ1v) is 20.1. The van der Waals surface area contributed by atoms with E-state index in [1.807, 2.05) is 4.90 Å². The van der Waals surface area contributed by atoms with Crippen LogP contribution in [-0.4, -0.2) is 113 Å². The molecule has 2 saturated carbocycles. The van der Waals surface area contributed by atoms with Gasteiger partial charge in [0.1, 0.15) is 29.1 Å². The first-order valence-electron chi connectivity index (χ1n) is 19.7. The number of rotatable bonds is 8. The van der Waals surface area contributed by atoms with Crippen LogP contribution in [0.15, 0.2) is 42.7 Å². The highest BCUT2D eigenvalue weighted by molar-refractivity contribution is 6.33. The third-order valence-corrected chi connectivity index (χ3v) is 12.9. The minimum atomic E-state index is -1.10. The van der Waals surface area contributed by atoms with Gasteiger partial charge in [-0.1, -0.05) is 17.7 Å². The Morgan fingerprint density at radius 3 is 2.31 bits per heavy atom. The highest BCUT2D eigenvalue weighted by Gasteiger charge is 2.54. The van der Waals surface area contributed by atoms with Crippen molar-refractivity contribution in [3.8, 4) is 5.75 Å². The summed E-state index contributed by atoms with van der Waals surface area (Å²) in [6.45, 7) is 11.5. The summed E-state index contributed by atoms with van der Waals surface area (Å²) in [4.78, 5) is 83.2. The van der Waals surface area contributed by atoms with E-state index >= 15 is 4.39 Å². The van der Waals surface area contributed by atoms with Crippen LogP contribution in [0.1, 0.15) is 82.6 Å². The number of imide groups is 2. The summed E-state index contributed by atoms with van der Waals surface area (Å²) in [5.74, 6) is -1.98. The first kappa shape index (κ1) is 37.9. The van der Waals surface area contributed by atoms with Crippen LogP contribution in [0.3, 0.4) is 0 Å². The molecule has 2 N–H and O–H groups in total. The van der Waals surface area contributed by atoms with E-state index < -0.39 is 35.5 Å². The van der Waals surface area contributed by atoms with E-state index in [0.29, 0.717) is 35.6 Å². The number of hydrogen-bond donors (Lipinski definition) is 2. The van der Waals surface area contributed by atoms with Gasteiger partial charge in [0.2, 0.25) is 17.5 Å². The Bertz CT molecular complexity index is 2240. The Labute approximate surface area is 338 Å². The minimum absolute atomic E-state index is 0.0122. The van der Waals surface area contributed by atoms with Crippen LogP contribution in [0.4, 0.5) is 21.6 Å². The van der Waals surface area contributed by atoms with Gasteiger partial charge < -0.3 is 19.9 Å². The van der Waals surface area contributed by atoms with Gasteiger partial charge in [-0.25, -0.2) is 19.2 Å². The second-order valence-electron chi connectivity index (χ2n) is 16.3. The number of piperidine rings is 1. The number of piperazine rings is 1. The third-order valence-electron chi connectivity index (χ3n) is 12.6. The number of carbonyl (C=O) groups excluding carboxylic acids is 5. The van der Waals surface area contributed by atoms with Crippen molar-refractivity contribution in [3.63, 3.8) is 0 Å². The molecular formula is C41H41ClFN9O6. The molecule has 9 rings (SSSR count). The molecular weight excluding hydrogens is 769 g/mol. The lowest BCUT2D eigenvalue weighted by atomic mass is 9.60. The third kappa shape index (κ3) is 7.00. The number of halogens is 2. The van der Waals surface area contributed by atoms with Gasteiger partial charge in [-0.05, 0) is 69.2 Å². The first-order chi connectivity index (χ1) is 28.0. The number of nitrogens with zero attached hydrogens (tertiary/aromatic N) is 7. The van der Waals surface area contributed by atoms with Crippen molar-refractivity contribution in [2.75, 3.05) is 49.1 Å². The van der Waals surface area contributed by atoms with Crippen LogP contribution in [-0.2, 0) is 9.59 Å². The molecule has 1 unspecified atom stereocenters. The number of hydrogen-bond acceptors (Lipinski definition) is 11. The fourth-order valence-electron chi connectivity index (χ4n) is 9.46. The molecule has 4 aliphatic heterocycles. The summed E-state index contributed by atoms with van der Waals surface area (Å²) >= 11 is 6.15. The van der Waals surface area contributed by atoms with Crippen LogP contribution in [0.5, 0.6) is 5.75 Å². The molecule has 17 heteroatoms. The Hall–Kier alpha value is -5.66. The molecule has 0 bridgehead atoms. The summed E-state index contributed by atoms with van der Waals surface area (Å²) < 4.78 is 21.5. The van der Waals surface area contributed by atoms with E-state index in [1.165, 1.54) is 12.3 Å². The summed E-state index contributed by atoms with van der Waals surface area (Å²) in [5, 5.41) is 5.64. The molecule has 2 aliphatic carbocycles. The fraction of sp³-hybridized carbons (Fsp3) is 0.463. The summed E-state index contributed by atoms with van der Waals surface area (Å²) in [5.41, 5.74) is 1.15. The Kier molecular flexibility index (Phi) is 9.76. The molecule has 5 amide bonds. The zero-order valence-corrected chi connectivity index (χ0v) is 32.3. The predicted molar refractivity (Wildman–Crippen MR) is 208 cm³/mol. The van der Waals surface area contributed by atoms with Crippen molar-refractivity contribution < 1.29 is 33.1 Å². The van der Waals surface area contributed by atoms with Gasteiger partial charge in [0, 0.05) is 63.2 Å². The normalized spacial score (nSPS) is 24.5. The van der Waals surface area contributed by atoms with E-state index in [1.54, 1.807) is 24.4 Å². The summed E-state index contributed by atoms with van der Waals surface area (Å²) in [6, 6.07) is 6.94. The molecule has 1 aromatic heterocycles. The van der Waals surface area contributed by atoms with E-state index in [9.17, 15) is 24.0 Å². The largest absolute Gasteiger partial charge is 0.490 e. The van der Waals surface area contributed by atoms with Crippen molar-refractivity contribution >= 4 is 58.3 Å². The van der Waals surface area contributed by atoms with Crippen molar-refractivity contribution in [2.45, 2.75) is 75.6 Å². The second-order valence-corrected chi connectivity index (χ2v) is 16.7. The maximum Gasteiger partial charge on any atom is 0.271 e. The lowest BCUT2D eigenvalue weighted by molar-refractivity contribution is -0.136. The Morgan fingerprint density at radius 1 is 0.931 bits per heavy atom. The van der Waals surface area contributed by atoms with E-state index in [0.717, 1.165) is 81.5 Å². The van der Waals surface area contributed by atoms with Crippen LogP contribution >= 0.6 is 11.6 Å². The minimum Gasteiger partial charge on any atom is -0.490 e. The lowest BCUT2D eigenvalue weighted by Crippen LogP contribution is -2.68. The van der Waals surface area contributed by atoms with Crippen LogP contribution in [0, 0.1) is 17.8 Å². The SMILES string of the molecule is [C-]#[N+]c1ccc(OC2CCC(NC(=O)c3cnc(N4CC5(CC(N6CCN(c7cc8c(cc7F)C(=O)N(C7CCC(=O)NC7=O)C8=O)CC6)C5)C4)cn3)CC2)cc1Cl. The van der Waals surface area contributed by atoms with E-state index in [2.05, 4.69) is 35.2 Å². The zero-order valence-electron chi connectivity index (χ0n) is 31.6. The smallest absolute Gasteiger partial charge is 0.271 e. The molecule has 5 heterocycles. The zero-order chi connectivity index (χ0) is 40.3. The number of nitrogens with one attached hydrogen (secondary N) is 2. The molecule has 5 fully saturated rings. The molecule has 3 aromatic rings. The Morgan fingerprint density at radius 2 is 1.66 bits per heavy atom. The van der Waals surface area contributed by atoms with Gasteiger partial charge in [-0.3, -0.25) is 39.1 Å². The van der Waals surface area contributed by atoms with Crippen molar-refractivity contribution in [1.29, 1.82) is 0 Å². The van der Waals surface area contributed by atoms with Gasteiger partial charge in [0.25, 0.3) is 17.7 Å². The summed E-state index contributed by atoms with van der Waals surface area (Å²) in [7, 11) is 0. The van der Waals surface area contributed by atoms with Gasteiger partial charge in [-0.2, -0.15) is 0 Å². The molecule has 3 saturated heterocycles. The van der Waals surface area contributed by atoms with Crippen LogP contribution in [0.2, 0.25) is 5.02 Å². The van der Waals surface area contributed by atoms with E-state index in [4.69, 9.17) is 22.9 Å². The van der Waals surface area contributed by atoms with Crippen molar-refractivity contribution in [1.82, 2.24) is 30.4 Å². The second kappa shape index (κ2) is 14.9. The van der Waals surface area contributed by atoms with Crippen LogP contribution in [0.25, 0.3) is 4.85 Å². The molecule has 1 atom stereocenters. The molecule has 58 heavy (non-hydrogen) atoms. The average molecular weight is 810 g/mol. The highest BCUT2D eigenvalue weighted by Crippen LogP contribution is 2.51. The fourth-order valence-corrected chi connectivity index (χ4v) is 9.67. The quantitative estimate of drug-likeness (QED) is 0.249. The summed E-state index contributed by atoms with van der Waals surface area (Å²) in [6.07, 6.45) is 8.48. The molecule has 0 radical (unpaired) electrons. The highest BCUT2D eigenvalue weighted by atomic mass is 35.5. The van der Waals surface area contributed by atoms with Gasteiger partial charge in [0.05, 0.1) is 46.9 Å². The number of fused-ring (bicyclic) bond motifs is 1. The maximum absolute atomic E-state index is 15.4. The van der Waals surface area contributed by atoms with E-state index in [-0.39, 0.29) is 58.8 Å². The molecule has 1 spiro atoms. The van der Waals surface area contributed by atoms with Crippen LogP contribution < -0.4 is 25.2 Å². The predicted octanol–water partition coefficient (Wildman–Crippen LogP) is 4.13. The molecule has 300 valence electrons. The molecule has 2 aromatic carbocycles. The monoisotopic (exact) mass is 809 g/mol. The van der Waals surface area contributed by atoms with Crippen molar-refractivity contribution in [3.05, 3.63) is 81.8 Å². The lowest BCUT2D eigenvalue weighted by Gasteiger charge is -2.62. The number of carbonyl (C=O) groups is 5. The van der Waals surface area contributed by atoms with Gasteiger partial charge >= 0.3 is 0 Å². The number of aromatic nitrogens is 2. The molecule has 6 aliphatic rings. The molecule has 15 nitrogen and oxygen atoms in total. The number of amides is 5.